The van der Waals surface area contributed by atoms with Crippen LogP contribution in [0.4, 0.5) is 4.39 Å². The Morgan fingerprint density at radius 2 is 2.12 bits per heavy atom. The lowest BCUT2D eigenvalue weighted by Gasteiger charge is -2.35. The molecule has 2 fully saturated rings. The number of aromatic nitrogens is 2. The van der Waals surface area contributed by atoms with Gasteiger partial charge < -0.3 is 5.32 Å². The normalized spacial score (nSPS) is 36.4. The number of hydrogen-bond donors (Lipinski definition) is 1. The summed E-state index contributed by atoms with van der Waals surface area (Å²) < 4.78 is 16.7. The van der Waals surface area contributed by atoms with E-state index in [0.717, 1.165) is 24.2 Å². The molecule has 94 valence electrons. The third kappa shape index (κ3) is 2.10. The van der Waals surface area contributed by atoms with E-state index in [9.17, 15) is 4.39 Å². The number of halogens is 1. The molecule has 17 heavy (non-hydrogen) atoms. The summed E-state index contributed by atoms with van der Waals surface area (Å²) in [7, 11) is 1.90. The molecule has 0 aromatic carbocycles. The van der Waals surface area contributed by atoms with Crippen molar-refractivity contribution >= 4 is 0 Å². The van der Waals surface area contributed by atoms with Gasteiger partial charge in [-0.2, -0.15) is 5.10 Å². The van der Waals surface area contributed by atoms with Crippen molar-refractivity contribution < 1.29 is 4.39 Å². The zero-order valence-electron chi connectivity index (χ0n) is 10.5. The van der Waals surface area contributed by atoms with E-state index in [0.29, 0.717) is 31.3 Å². The smallest absolute Gasteiger partial charge is 0.119 e. The number of hydrogen-bond acceptors (Lipinski definition) is 2. The van der Waals surface area contributed by atoms with E-state index in [4.69, 9.17) is 0 Å². The van der Waals surface area contributed by atoms with Gasteiger partial charge in [0.25, 0.3) is 0 Å². The molecule has 3 rings (SSSR count). The van der Waals surface area contributed by atoms with Gasteiger partial charge in [0, 0.05) is 31.2 Å². The number of rotatable bonds is 2. The van der Waals surface area contributed by atoms with Gasteiger partial charge in [-0.25, -0.2) is 4.39 Å². The van der Waals surface area contributed by atoms with E-state index in [1.807, 2.05) is 24.7 Å². The van der Waals surface area contributed by atoms with Gasteiger partial charge in [-0.1, -0.05) is 0 Å². The molecule has 0 spiro atoms. The fourth-order valence-corrected chi connectivity index (χ4v) is 3.49. The van der Waals surface area contributed by atoms with Gasteiger partial charge in [0.05, 0.1) is 5.69 Å². The van der Waals surface area contributed by atoms with Gasteiger partial charge in [0.15, 0.2) is 0 Å². The summed E-state index contributed by atoms with van der Waals surface area (Å²) in [4.78, 5) is 0. The van der Waals surface area contributed by atoms with Crippen LogP contribution in [0.15, 0.2) is 6.07 Å². The van der Waals surface area contributed by atoms with E-state index in [-0.39, 0.29) is 0 Å². The Labute approximate surface area is 101 Å². The summed E-state index contributed by atoms with van der Waals surface area (Å²) in [6.07, 6.45) is 4.11. The van der Waals surface area contributed by atoms with Crippen LogP contribution in [-0.4, -0.2) is 27.5 Å². The minimum Gasteiger partial charge on any atom is -0.311 e. The Morgan fingerprint density at radius 3 is 2.65 bits per heavy atom. The Bertz CT molecular complexity index is 414. The number of nitrogens with one attached hydrogen (secondary N) is 1. The molecule has 3 nitrogen and oxygen atoms in total. The first-order chi connectivity index (χ1) is 8.04. The largest absolute Gasteiger partial charge is 0.311 e. The fraction of sp³-hybridized carbons (Fsp3) is 0.769. The Kier molecular flexibility index (Phi) is 2.51. The third-order valence-electron chi connectivity index (χ3n) is 4.16. The zero-order valence-corrected chi connectivity index (χ0v) is 10.5. The van der Waals surface area contributed by atoms with E-state index in [1.54, 1.807) is 0 Å². The fourth-order valence-electron chi connectivity index (χ4n) is 3.49. The predicted molar refractivity (Wildman–Crippen MR) is 64.7 cm³/mol. The van der Waals surface area contributed by atoms with Crippen molar-refractivity contribution in [2.24, 2.45) is 7.05 Å². The maximum Gasteiger partial charge on any atom is 0.119 e. The molecule has 2 aliphatic rings. The molecular formula is C13H20FN3. The first kappa shape index (κ1) is 11.2. The van der Waals surface area contributed by atoms with Crippen molar-refractivity contribution in [1.82, 2.24) is 15.1 Å². The molecule has 4 heteroatoms. The molecule has 0 aliphatic carbocycles. The van der Waals surface area contributed by atoms with Crippen LogP contribution in [0.2, 0.25) is 0 Å². The van der Waals surface area contributed by atoms with Crippen molar-refractivity contribution in [3.63, 3.8) is 0 Å². The molecular weight excluding hydrogens is 217 g/mol. The lowest BCUT2D eigenvalue weighted by molar-refractivity contribution is 0.0872. The van der Waals surface area contributed by atoms with Gasteiger partial charge in [0.2, 0.25) is 0 Å². The molecule has 0 saturated carbocycles. The minimum absolute atomic E-state index is 0.396. The van der Waals surface area contributed by atoms with Crippen LogP contribution in [0.1, 0.15) is 37.1 Å². The third-order valence-corrected chi connectivity index (χ3v) is 4.16. The topological polar surface area (TPSA) is 29.9 Å². The summed E-state index contributed by atoms with van der Waals surface area (Å²) in [6, 6.07) is 2.80. The molecule has 2 unspecified atom stereocenters. The van der Waals surface area contributed by atoms with Crippen LogP contribution in [-0.2, 0) is 13.5 Å². The van der Waals surface area contributed by atoms with Crippen molar-refractivity contribution in [1.29, 1.82) is 0 Å². The molecule has 2 bridgehead atoms. The Hall–Kier alpha value is -0.900. The van der Waals surface area contributed by atoms with Crippen LogP contribution in [0.5, 0.6) is 0 Å². The van der Waals surface area contributed by atoms with Crippen molar-refractivity contribution in [3.05, 3.63) is 17.5 Å². The average Bonchev–Trinajstić information content (AvgIpc) is 2.70. The van der Waals surface area contributed by atoms with Gasteiger partial charge in [0.1, 0.15) is 5.67 Å². The first-order valence-corrected chi connectivity index (χ1v) is 6.49. The summed E-state index contributed by atoms with van der Waals surface area (Å²) in [5.74, 6) is 0. The van der Waals surface area contributed by atoms with Crippen LogP contribution < -0.4 is 5.32 Å². The van der Waals surface area contributed by atoms with Gasteiger partial charge in [-0.05, 0) is 38.7 Å². The molecule has 1 aromatic rings. The van der Waals surface area contributed by atoms with Crippen LogP contribution in [0.3, 0.4) is 0 Å². The highest BCUT2D eigenvalue weighted by Gasteiger charge is 2.44. The minimum atomic E-state index is -1.03. The quantitative estimate of drug-likeness (QED) is 0.851. The number of piperidine rings is 1. The second kappa shape index (κ2) is 3.80. The standard InChI is InChI=1S/C13H20FN3/c1-9-5-12(17(2)16-9)8-13(14)6-10-3-4-11(7-13)15-10/h5,10-11,15H,3-4,6-8H2,1-2H3. The lowest BCUT2D eigenvalue weighted by atomic mass is 9.85. The van der Waals surface area contributed by atoms with E-state index >= 15 is 0 Å². The van der Waals surface area contributed by atoms with Crippen LogP contribution in [0, 0.1) is 6.92 Å². The van der Waals surface area contributed by atoms with Gasteiger partial charge in [-0.3, -0.25) is 4.68 Å². The highest BCUT2D eigenvalue weighted by molar-refractivity contribution is 5.14. The highest BCUT2D eigenvalue weighted by atomic mass is 19.1. The zero-order chi connectivity index (χ0) is 12.0. The summed E-state index contributed by atoms with van der Waals surface area (Å²) >= 11 is 0. The molecule has 1 N–H and O–H groups in total. The number of fused-ring (bicyclic) bond motifs is 2. The molecule has 0 radical (unpaired) electrons. The van der Waals surface area contributed by atoms with E-state index < -0.39 is 5.67 Å². The molecule has 2 aliphatic heterocycles. The second-order valence-corrected chi connectivity index (χ2v) is 5.77. The first-order valence-electron chi connectivity index (χ1n) is 6.49. The molecule has 0 amide bonds. The summed E-state index contributed by atoms with van der Waals surface area (Å²) in [5, 5.41) is 7.78. The number of nitrogens with zero attached hydrogens (tertiary/aromatic N) is 2. The second-order valence-electron chi connectivity index (χ2n) is 5.77. The van der Waals surface area contributed by atoms with Crippen molar-refractivity contribution in [2.75, 3.05) is 0 Å². The lowest BCUT2D eigenvalue weighted by Crippen LogP contribution is -2.47. The van der Waals surface area contributed by atoms with E-state index in [2.05, 4.69) is 10.4 Å². The maximum absolute atomic E-state index is 14.9. The Morgan fingerprint density at radius 1 is 1.47 bits per heavy atom. The number of aryl methyl sites for hydroxylation is 2. The SMILES string of the molecule is Cc1cc(CC2(F)CC3CCC(C2)N3)n(C)n1. The average molecular weight is 237 g/mol. The van der Waals surface area contributed by atoms with Crippen molar-refractivity contribution in [2.45, 2.75) is 56.8 Å². The molecule has 2 atom stereocenters. The van der Waals surface area contributed by atoms with Gasteiger partial charge in [-0.15, -0.1) is 0 Å². The van der Waals surface area contributed by atoms with Crippen LogP contribution >= 0.6 is 0 Å². The Balaban J connectivity index is 1.78. The maximum atomic E-state index is 14.9. The monoisotopic (exact) mass is 237 g/mol. The predicted octanol–water partition coefficient (Wildman–Crippen LogP) is 1.89. The molecule has 1 aromatic heterocycles. The summed E-state index contributed by atoms with van der Waals surface area (Å²) in [6.45, 7) is 1.96. The molecule has 2 saturated heterocycles. The van der Waals surface area contributed by atoms with Crippen molar-refractivity contribution in [3.8, 4) is 0 Å². The number of alkyl halides is 1. The van der Waals surface area contributed by atoms with E-state index in [1.165, 1.54) is 0 Å². The molecule has 3 heterocycles. The van der Waals surface area contributed by atoms with Gasteiger partial charge >= 0.3 is 0 Å². The summed E-state index contributed by atoms with van der Waals surface area (Å²) in [5.41, 5.74) is 0.964. The van der Waals surface area contributed by atoms with Crippen LogP contribution in [0.25, 0.3) is 0 Å². The highest BCUT2D eigenvalue weighted by Crippen LogP contribution is 2.38.